The molecule has 0 radical (unpaired) electrons. The van der Waals surface area contributed by atoms with E-state index in [1.54, 1.807) is 16.8 Å². The first-order valence-electron chi connectivity index (χ1n) is 9.15. The van der Waals surface area contributed by atoms with Gasteiger partial charge in [-0.15, -0.1) is 0 Å². The Kier molecular flexibility index (Phi) is 4.83. The summed E-state index contributed by atoms with van der Waals surface area (Å²) >= 11 is 6.57. The highest BCUT2D eigenvalue weighted by molar-refractivity contribution is 6.38. The molecule has 7 heteroatoms. The minimum Gasteiger partial charge on any atom is -0.349 e. The highest BCUT2D eigenvalue weighted by atomic mass is 35.5. The highest BCUT2D eigenvalue weighted by Crippen LogP contribution is 2.30. The number of halogens is 2. The topological polar surface area (TPSA) is 59.8 Å². The van der Waals surface area contributed by atoms with Crippen LogP contribution in [0.15, 0.2) is 30.5 Å². The number of carbonyl (C=O) groups is 1. The van der Waals surface area contributed by atoms with E-state index in [1.807, 2.05) is 6.92 Å². The van der Waals surface area contributed by atoms with Crippen LogP contribution in [-0.4, -0.2) is 26.7 Å². The lowest BCUT2D eigenvalue weighted by Crippen LogP contribution is -2.36. The molecule has 27 heavy (non-hydrogen) atoms. The van der Waals surface area contributed by atoms with E-state index >= 15 is 0 Å². The molecule has 5 nitrogen and oxygen atoms in total. The first-order chi connectivity index (χ1) is 13.0. The number of pyridine rings is 1. The number of carbonyl (C=O) groups excluding carboxylic acids is 1. The average Bonchev–Trinajstić information content (AvgIpc) is 3.01. The molecule has 2 aromatic heterocycles. The highest BCUT2D eigenvalue weighted by Gasteiger charge is 2.22. The Labute approximate surface area is 161 Å². The van der Waals surface area contributed by atoms with Gasteiger partial charge in [-0.25, -0.2) is 14.1 Å². The lowest BCUT2D eigenvalue weighted by atomic mass is 9.95. The van der Waals surface area contributed by atoms with Gasteiger partial charge in [-0.3, -0.25) is 4.79 Å². The van der Waals surface area contributed by atoms with Crippen molar-refractivity contribution in [2.24, 2.45) is 0 Å². The number of aryl methyl sites for hydroxylation is 1. The summed E-state index contributed by atoms with van der Waals surface area (Å²) in [5, 5.41) is 8.54. The molecular weight excluding hydrogens is 367 g/mol. The molecule has 0 saturated heterocycles. The van der Waals surface area contributed by atoms with Gasteiger partial charge in [0.05, 0.1) is 27.4 Å². The van der Waals surface area contributed by atoms with E-state index in [-0.39, 0.29) is 17.8 Å². The van der Waals surface area contributed by atoms with Crippen LogP contribution in [0.5, 0.6) is 0 Å². The summed E-state index contributed by atoms with van der Waals surface area (Å²) in [6, 6.07) is 6.18. The molecule has 3 aromatic rings. The molecule has 0 bridgehead atoms. The van der Waals surface area contributed by atoms with Crippen molar-refractivity contribution < 1.29 is 9.18 Å². The Balaban J connectivity index is 1.70. The zero-order valence-electron chi connectivity index (χ0n) is 15.0. The predicted molar refractivity (Wildman–Crippen MR) is 103 cm³/mol. The van der Waals surface area contributed by atoms with E-state index < -0.39 is 0 Å². The van der Waals surface area contributed by atoms with Crippen molar-refractivity contribution in [3.8, 4) is 5.69 Å². The fourth-order valence-corrected chi connectivity index (χ4v) is 3.99. The van der Waals surface area contributed by atoms with E-state index in [9.17, 15) is 9.18 Å². The van der Waals surface area contributed by atoms with Gasteiger partial charge >= 0.3 is 0 Å². The van der Waals surface area contributed by atoms with Crippen molar-refractivity contribution in [3.63, 3.8) is 0 Å². The Morgan fingerprint density at radius 2 is 1.93 bits per heavy atom. The average molecular weight is 387 g/mol. The molecule has 4 rings (SSSR count). The van der Waals surface area contributed by atoms with E-state index in [4.69, 9.17) is 11.6 Å². The lowest BCUT2D eigenvalue weighted by Gasteiger charge is -2.22. The normalized spacial score (nSPS) is 15.2. The Bertz CT molecular complexity index is 993. The van der Waals surface area contributed by atoms with Crippen LogP contribution in [0, 0.1) is 12.7 Å². The van der Waals surface area contributed by atoms with E-state index in [1.165, 1.54) is 24.8 Å². The maximum atomic E-state index is 13.2. The fourth-order valence-electron chi connectivity index (χ4n) is 3.64. The molecule has 1 aliphatic carbocycles. The monoisotopic (exact) mass is 386 g/mol. The Morgan fingerprint density at radius 1 is 1.22 bits per heavy atom. The minimum atomic E-state index is -0.320. The van der Waals surface area contributed by atoms with E-state index in [0.717, 1.165) is 25.7 Å². The van der Waals surface area contributed by atoms with Crippen LogP contribution >= 0.6 is 11.6 Å². The minimum absolute atomic E-state index is 0.195. The van der Waals surface area contributed by atoms with Gasteiger partial charge in [-0.1, -0.05) is 30.9 Å². The second-order valence-electron chi connectivity index (χ2n) is 6.97. The fraction of sp³-hybridized carbons (Fsp3) is 0.350. The number of aromatic nitrogens is 3. The van der Waals surface area contributed by atoms with Gasteiger partial charge < -0.3 is 5.32 Å². The van der Waals surface area contributed by atoms with Crippen molar-refractivity contribution in [2.45, 2.75) is 45.1 Å². The summed E-state index contributed by atoms with van der Waals surface area (Å²) in [4.78, 5) is 17.1. The Morgan fingerprint density at radius 3 is 2.63 bits per heavy atom. The SMILES string of the molecule is Cc1nn(-c2ccc(F)cc2)c2ncc(C(=O)NC3CCCCC3)c(Cl)c12. The maximum absolute atomic E-state index is 13.2. The first-order valence-corrected chi connectivity index (χ1v) is 9.53. The van der Waals surface area contributed by atoms with Crippen LogP contribution in [0.2, 0.25) is 5.02 Å². The molecule has 140 valence electrons. The quantitative estimate of drug-likeness (QED) is 0.716. The number of benzene rings is 1. The molecule has 2 heterocycles. The third-order valence-electron chi connectivity index (χ3n) is 5.06. The van der Waals surface area contributed by atoms with Gasteiger partial charge in [0.15, 0.2) is 5.65 Å². The molecule has 0 unspecified atom stereocenters. The van der Waals surface area contributed by atoms with Crippen LogP contribution < -0.4 is 5.32 Å². The number of hydrogen-bond acceptors (Lipinski definition) is 3. The van der Waals surface area contributed by atoms with Crippen molar-refractivity contribution in [2.75, 3.05) is 0 Å². The van der Waals surface area contributed by atoms with Crippen LogP contribution in [0.4, 0.5) is 4.39 Å². The van der Waals surface area contributed by atoms with Crippen molar-refractivity contribution >= 4 is 28.5 Å². The molecule has 1 N–H and O–H groups in total. The van der Waals surface area contributed by atoms with Crippen LogP contribution in [0.25, 0.3) is 16.7 Å². The molecule has 0 atom stereocenters. The summed E-state index contributed by atoms with van der Waals surface area (Å²) in [6.45, 7) is 1.82. The van der Waals surface area contributed by atoms with Crippen molar-refractivity contribution in [1.82, 2.24) is 20.1 Å². The van der Waals surface area contributed by atoms with E-state index in [2.05, 4.69) is 15.4 Å². The molecule has 1 fully saturated rings. The summed E-state index contributed by atoms with van der Waals surface area (Å²) < 4.78 is 14.8. The molecule has 1 saturated carbocycles. The number of rotatable bonds is 3. The van der Waals surface area contributed by atoms with Gasteiger partial charge in [-0.05, 0) is 44.0 Å². The lowest BCUT2D eigenvalue weighted by molar-refractivity contribution is 0.0927. The van der Waals surface area contributed by atoms with Gasteiger partial charge in [0.2, 0.25) is 0 Å². The second-order valence-corrected chi connectivity index (χ2v) is 7.34. The van der Waals surface area contributed by atoms with Crippen LogP contribution in [0.3, 0.4) is 0 Å². The molecule has 1 aliphatic rings. The predicted octanol–water partition coefficient (Wildman–Crippen LogP) is 4.58. The number of nitrogens with one attached hydrogen (secondary N) is 1. The largest absolute Gasteiger partial charge is 0.349 e. The second kappa shape index (κ2) is 7.27. The smallest absolute Gasteiger partial charge is 0.254 e. The zero-order valence-corrected chi connectivity index (χ0v) is 15.8. The summed E-state index contributed by atoms with van der Waals surface area (Å²) in [5.74, 6) is -0.519. The molecule has 0 spiro atoms. The summed E-state index contributed by atoms with van der Waals surface area (Å²) in [5.41, 5.74) is 2.24. The number of nitrogens with zero attached hydrogens (tertiary/aromatic N) is 3. The standard InChI is InChI=1S/C20H20ClFN4O/c1-12-17-18(21)16(20(27)24-14-5-3-2-4-6-14)11-23-19(17)26(25-12)15-9-7-13(22)8-10-15/h7-11,14H,2-6H2,1H3,(H,24,27). The maximum Gasteiger partial charge on any atom is 0.254 e. The van der Waals surface area contributed by atoms with Crippen molar-refractivity contribution in [3.05, 3.63) is 52.6 Å². The molecule has 0 aliphatic heterocycles. The summed E-state index contributed by atoms with van der Waals surface area (Å²) in [7, 11) is 0. The van der Waals surface area contributed by atoms with Crippen molar-refractivity contribution in [1.29, 1.82) is 0 Å². The van der Waals surface area contributed by atoms with Gasteiger partial charge in [0, 0.05) is 12.2 Å². The van der Waals surface area contributed by atoms with Gasteiger partial charge in [0.1, 0.15) is 5.82 Å². The number of hydrogen-bond donors (Lipinski definition) is 1. The molecular formula is C20H20ClFN4O. The summed E-state index contributed by atoms with van der Waals surface area (Å²) in [6.07, 6.45) is 6.99. The van der Waals surface area contributed by atoms with Crippen LogP contribution in [0.1, 0.15) is 48.2 Å². The van der Waals surface area contributed by atoms with E-state index in [0.29, 0.717) is 33.0 Å². The zero-order chi connectivity index (χ0) is 19.0. The van der Waals surface area contributed by atoms with Gasteiger partial charge in [-0.2, -0.15) is 5.10 Å². The number of amides is 1. The molecule has 1 amide bonds. The number of fused-ring (bicyclic) bond motifs is 1. The third-order valence-corrected chi connectivity index (χ3v) is 5.46. The van der Waals surface area contributed by atoms with Gasteiger partial charge in [0.25, 0.3) is 5.91 Å². The molecule has 1 aromatic carbocycles. The Hall–Kier alpha value is -2.47. The third kappa shape index (κ3) is 3.41. The first kappa shape index (κ1) is 17.9. The van der Waals surface area contributed by atoms with Crippen LogP contribution in [-0.2, 0) is 0 Å².